The van der Waals surface area contributed by atoms with Crippen LogP contribution < -0.4 is 21.7 Å². The second-order valence-electron chi connectivity index (χ2n) is 14.5. The van der Waals surface area contributed by atoms with E-state index in [0.717, 1.165) is 18.4 Å². The molecule has 0 aromatic heterocycles. The second-order valence-corrected chi connectivity index (χ2v) is 14.5. The molecule has 1 saturated carbocycles. The fourth-order valence-corrected chi connectivity index (χ4v) is 6.01. The number of Topliss-reactive ketones (excluding diaryl/α,β-unsaturated/α-hetero) is 2. The molecule has 45 heavy (non-hydrogen) atoms. The van der Waals surface area contributed by atoms with Gasteiger partial charge >= 0.3 is 6.03 Å². The highest BCUT2D eigenvalue weighted by Gasteiger charge is 2.48. The molecule has 248 valence electrons. The Bertz CT molecular complexity index is 1280. The van der Waals surface area contributed by atoms with Gasteiger partial charge in [0.1, 0.15) is 12.1 Å². The second kappa shape index (κ2) is 14.6. The number of rotatable bonds is 13. The van der Waals surface area contributed by atoms with Crippen molar-refractivity contribution in [3.63, 3.8) is 0 Å². The van der Waals surface area contributed by atoms with Crippen molar-refractivity contribution in [2.24, 2.45) is 34.8 Å². The van der Waals surface area contributed by atoms with Gasteiger partial charge < -0.3 is 26.6 Å². The minimum atomic E-state index is -1.11. The summed E-state index contributed by atoms with van der Waals surface area (Å²) in [6.45, 7) is 15.3. The van der Waals surface area contributed by atoms with Gasteiger partial charge in [-0.3, -0.25) is 24.0 Å². The summed E-state index contributed by atoms with van der Waals surface area (Å²) in [5, 5.41) is 8.34. The molecule has 3 rings (SSSR count). The van der Waals surface area contributed by atoms with E-state index in [1.807, 2.05) is 67.5 Å². The molecule has 5 amide bonds. The summed E-state index contributed by atoms with van der Waals surface area (Å²) in [6, 6.07) is 2.65. The predicted molar refractivity (Wildman–Crippen MR) is 171 cm³/mol. The maximum absolute atomic E-state index is 14.2. The third-order valence-corrected chi connectivity index (χ3v) is 8.95. The van der Waals surface area contributed by atoms with Gasteiger partial charge in [-0.15, -0.1) is 0 Å². The van der Waals surface area contributed by atoms with Gasteiger partial charge in [0.2, 0.25) is 17.6 Å². The van der Waals surface area contributed by atoms with Crippen LogP contribution in [0.3, 0.4) is 0 Å². The van der Waals surface area contributed by atoms with Crippen LogP contribution >= 0.6 is 0 Å². The Morgan fingerprint density at radius 3 is 2.00 bits per heavy atom. The van der Waals surface area contributed by atoms with Crippen LogP contribution in [0.4, 0.5) is 4.79 Å². The van der Waals surface area contributed by atoms with Gasteiger partial charge in [0.05, 0.1) is 12.1 Å². The maximum Gasteiger partial charge on any atom is 0.316 e. The number of nitrogens with two attached hydrogens (primary N) is 1. The molecule has 1 heterocycles. The van der Waals surface area contributed by atoms with Crippen molar-refractivity contribution in [3.05, 3.63) is 35.4 Å². The van der Waals surface area contributed by atoms with E-state index in [1.165, 1.54) is 4.90 Å². The molecular weight excluding hydrogens is 574 g/mol. The Hall–Kier alpha value is -3.76. The zero-order chi connectivity index (χ0) is 33.8. The van der Waals surface area contributed by atoms with Crippen LogP contribution in [0.1, 0.15) is 90.1 Å². The number of nitrogens with zero attached hydrogens (tertiary/aromatic N) is 1. The summed E-state index contributed by atoms with van der Waals surface area (Å²) in [7, 11) is 0. The molecular formula is C34H51N5O6. The van der Waals surface area contributed by atoms with E-state index in [0.29, 0.717) is 18.4 Å². The van der Waals surface area contributed by atoms with Crippen LogP contribution in [0.2, 0.25) is 0 Å². The molecule has 1 aliphatic heterocycles. The summed E-state index contributed by atoms with van der Waals surface area (Å²) in [6.07, 6.45) is 2.71. The van der Waals surface area contributed by atoms with Gasteiger partial charge in [0, 0.05) is 12.1 Å². The van der Waals surface area contributed by atoms with E-state index in [1.54, 1.807) is 12.1 Å². The molecule has 1 saturated heterocycles. The zero-order valence-corrected chi connectivity index (χ0v) is 27.9. The Balaban J connectivity index is 1.83. The fourth-order valence-electron chi connectivity index (χ4n) is 6.01. The first-order valence-electron chi connectivity index (χ1n) is 16.0. The minimum absolute atomic E-state index is 0.0382. The Morgan fingerprint density at radius 1 is 0.911 bits per heavy atom. The Labute approximate surface area is 266 Å². The highest BCUT2D eigenvalue weighted by molar-refractivity contribution is 6.37. The van der Waals surface area contributed by atoms with Gasteiger partial charge in [0.25, 0.3) is 5.91 Å². The monoisotopic (exact) mass is 625 g/mol. The molecule has 0 spiro atoms. The number of hydrogen-bond acceptors (Lipinski definition) is 6. The molecule has 1 aliphatic carbocycles. The number of primary amides is 1. The van der Waals surface area contributed by atoms with Crippen LogP contribution in [-0.4, -0.2) is 70.9 Å². The normalized spacial score (nSPS) is 20.4. The van der Waals surface area contributed by atoms with Crippen molar-refractivity contribution in [2.75, 3.05) is 6.54 Å². The fraction of sp³-hybridized carbons (Fsp3) is 0.647. The standard InChI is InChI=1S/C34H51N5O6/c1-18(2)23-15-16-39(26(23)31(43)36-24(17-21-11-12-21)28(41)30(35)42)32(44)29(34(6,7)8)38-33(45)37-25(19(3)4)27(40)22-13-9-20(5)10-14-22/h9-10,13-14,18-19,21,23-26,29H,11-12,15-17H2,1-8H3,(H2,35,42)(H,36,43)(H2,37,38,45)/t23-,24?,25+,26+,29-/m1/s1. The summed E-state index contributed by atoms with van der Waals surface area (Å²) in [5.41, 5.74) is 6.02. The lowest BCUT2D eigenvalue weighted by Gasteiger charge is -2.37. The number of urea groups is 1. The average molecular weight is 626 g/mol. The van der Waals surface area contributed by atoms with E-state index in [2.05, 4.69) is 16.0 Å². The van der Waals surface area contributed by atoms with Crippen molar-refractivity contribution in [1.82, 2.24) is 20.9 Å². The lowest BCUT2D eigenvalue weighted by Crippen LogP contribution is -2.62. The molecule has 5 N–H and O–H groups in total. The third kappa shape index (κ3) is 9.14. The van der Waals surface area contributed by atoms with Crippen molar-refractivity contribution >= 4 is 35.3 Å². The molecule has 1 unspecified atom stereocenters. The molecule has 11 heteroatoms. The first-order valence-corrected chi connectivity index (χ1v) is 16.0. The largest absolute Gasteiger partial charge is 0.363 e. The van der Waals surface area contributed by atoms with Crippen LogP contribution in [0.5, 0.6) is 0 Å². The van der Waals surface area contributed by atoms with Gasteiger partial charge in [-0.2, -0.15) is 0 Å². The molecule has 0 bridgehead atoms. The lowest BCUT2D eigenvalue weighted by atomic mass is 9.84. The first-order chi connectivity index (χ1) is 20.9. The molecule has 1 aromatic carbocycles. The predicted octanol–water partition coefficient (Wildman–Crippen LogP) is 3.13. The number of ketones is 2. The summed E-state index contributed by atoms with van der Waals surface area (Å²) in [5.74, 6) is -3.29. The SMILES string of the molecule is Cc1ccc(C(=O)[C@@H](NC(=O)N[C@H](C(=O)N2CC[C@H](C(C)C)[C@H]2C(=O)NC(CC2CC2)C(=O)C(N)=O)C(C)(C)C)C(C)C)cc1. The minimum Gasteiger partial charge on any atom is -0.363 e. The molecule has 1 aromatic rings. The van der Waals surface area contributed by atoms with Gasteiger partial charge in [0.15, 0.2) is 5.78 Å². The lowest BCUT2D eigenvalue weighted by molar-refractivity contribution is -0.144. The number of benzene rings is 1. The van der Waals surface area contributed by atoms with E-state index in [9.17, 15) is 28.8 Å². The zero-order valence-electron chi connectivity index (χ0n) is 27.9. The van der Waals surface area contributed by atoms with Gasteiger partial charge in [-0.05, 0) is 48.9 Å². The molecule has 2 aliphatic rings. The van der Waals surface area contributed by atoms with Crippen molar-refractivity contribution in [1.29, 1.82) is 0 Å². The highest BCUT2D eigenvalue weighted by Crippen LogP contribution is 2.35. The van der Waals surface area contributed by atoms with Crippen LogP contribution in [-0.2, 0) is 19.2 Å². The topological polar surface area (TPSA) is 168 Å². The average Bonchev–Trinajstić information content (AvgIpc) is 3.65. The molecule has 11 nitrogen and oxygen atoms in total. The summed E-state index contributed by atoms with van der Waals surface area (Å²) in [4.78, 5) is 80.6. The van der Waals surface area contributed by atoms with E-state index < -0.39 is 59.1 Å². The van der Waals surface area contributed by atoms with Crippen LogP contribution in [0.15, 0.2) is 24.3 Å². The smallest absolute Gasteiger partial charge is 0.316 e. The van der Waals surface area contributed by atoms with Gasteiger partial charge in [-0.25, -0.2) is 4.79 Å². The van der Waals surface area contributed by atoms with Crippen LogP contribution in [0.25, 0.3) is 0 Å². The number of carbonyl (C=O) groups is 6. The van der Waals surface area contributed by atoms with E-state index in [4.69, 9.17) is 5.73 Å². The maximum atomic E-state index is 14.2. The number of likely N-dealkylation sites (tertiary alicyclic amines) is 1. The van der Waals surface area contributed by atoms with Crippen molar-refractivity contribution < 1.29 is 28.8 Å². The quantitative estimate of drug-likeness (QED) is 0.194. The van der Waals surface area contributed by atoms with E-state index >= 15 is 0 Å². The van der Waals surface area contributed by atoms with E-state index in [-0.39, 0.29) is 36.0 Å². The number of nitrogens with one attached hydrogen (secondary N) is 3. The number of carbonyl (C=O) groups excluding carboxylic acids is 6. The number of aryl methyl sites for hydroxylation is 1. The molecule has 0 radical (unpaired) electrons. The number of hydrogen-bond donors (Lipinski definition) is 4. The summed E-state index contributed by atoms with van der Waals surface area (Å²) < 4.78 is 0. The Kier molecular flexibility index (Phi) is 11.6. The summed E-state index contributed by atoms with van der Waals surface area (Å²) >= 11 is 0. The number of amides is 5. The molecule has 2 fully saturated rings. The first kappa shape index (κ1) is 35.7. The third-order valence-electron chi connectivity index (χ3n) is 8.95. The van der Waals surface area contributed by atoms with Gasteiger partial charge in [-0.1, -0.05) is 91.1 Å². The highest BCUT2D eigenvalue weighted by atomic mass is 16.2. The van der Waals surface area contributed by atoms with Crippen molar-refractivity contribution in [2.45, 2.75) is 105 Å². The van der Waals surface area contributed by atoms with Crippen molar-refractivity contribution in [3.8, 4) is 0 Å². The molecule has 5 atom stereocenters. The van der Waals surface area contributed by atoms with Crippen LogP contribution in [0, 0.1) is 36.0 Å². The Morgan fingerprint density at radius 2 is 1.51 bits per heavy atom.